The van der Waals surface area contributed by atoms with E-state index in [0.717, 1.165) is 37.7 Å². The number of carbonyl (C=O) groups is 2. The van der Waals surface area contributed by atoms with Crippen molar-refractivity contribution in [2.24, 2.45) is 0 Å². The van der Waals surface area contributed by atoms with Gasteiger partial charge in [0.2, 0.25) is 0 Å². The minimum atomic E-state index is -0.494. The van der Waals surface area contributed by atoms with Gasteiger partial charge in [0, 0.05) is 27.2 Å². The van der Waals surface area contributed by atoms with Crippen LogP contribution in [0.1, 0.15) is 50.2 Å². The molecule has 36 heavy (non-hydrogen) atoms. The maximum absolute atomic E-state index is 13.5. The van der Waals surface area contributed by atoms with Crippen molar-refractivity contribution in [1.82, 2.24) is 4.90 Å². The average molecular weight is 525 g/mol. The van der Waals surface area contributed by atoms with Crippen LogP contribution >= 0.6 is 23.2 Å². The molecular weight excluding hydrogens is 499 g/mol. The molecule has 0 spiro atoms. The van der Waals surface area contributed by atoms with Crippen molar-refractivity contribution in [1.29, 1.82) is 5.26 Å². The van der Waals surface area contributed by atoms with E-state index in [1.807, 2.05) is 6.07 Å². The molecule has 1 fully saturated rings. The van der Waals surface area contributed by atoms with Crippen molar-refractivity contribution in [3.63, 3.8) is 0 Å². The van der Waals surface area contributed by atoms with Crippen LogP contribution in [-0.4, -0.2) is 29.9 Å². The third-order valence-electron chi connectivity index (χ3n) is 6.61. The summed E-state index contributed by atoms with van der Waals surface area (Å²) in [6, 6.07) is 12.3. The number of hydrogen-bond donors (Lipinski definition) is 0. The van der Waals surface area contributed by atoms with E-state index < -0.39 is 5.91 Å². The van der Waals surface area contributed by atoms with E-state index in [1.54, 1.807) is 49.4 Å². The second kappa shape index (κ2) is 11.2. The fourth-order valence-electron chi connectivity index (χ4n) is 4.62. The summed E-state index contributed by atoms with van der Waals surface area (Å²) < 4.78 is 11.4. The van der Waals surface area contributed by atoms with E-state index in [4.69, 9.17) is 32.7 Å². The Labute approximate surface area is 220 Å². The fourth-order valence-corrected chi connectivity index (χ4v) is 5.09. The Morgan fingerprint density at radius 2 is 1.81 bits per heavy atom. The fraction of sp³-hybridized carbons (Fsp3) is 0.321. The van der Waals surface area contributed by atoms with Gasteiger partial charge in [-0.2, -0.15) is 5.26 Å². The third kappa shape index (κ3) is 5.28. The van der Waals surface area contributed by atoms with Crippen LogP contribution in [0.4, 0.5) is 0 Å². The molecule has 186 valence electrons. The SMILES string of the molecule is COc1cc(/C=C2/C(=O)N(C3CCCCC3)C(=O)C(C#N)=C2C)ccc1OCc1ccc(Cl)cc1Cl. The largest absolute Gasteiger partial charge is 0.493 e. The molecule has 2 amide bonds. The Kier molecular flexibility index (Phi) is 8.03. The second-order valence-electron chi connectivity index (χ2n) is 8.88. The van der Waals surface area contributed by atoms with Crippen molar-refractivity contribution in [3.05, 3.63) is 74.3 Å². The molecule has 2 aromatic rings. The van der Waals surface area contributed by atoms with Crippen LogP contribution in [0.15, 0.2) is 53.1 Å². The molecule has 2 aliphatic rings. The topological polar surface area (TPSA) is 79.6 Å². The van der Waals surface area contributed by atoms with Crippen LogP contribution in [-0.2, 0) is 16.2 Å². The molecule has 0 saturated heterocycles. The van der Waals surface area contributed by atoms with E-state index >= 15 is 0 Å². The number of hydrogen-bond acceptors (Lipinski definition) is 5. The highest BCUT2D eigenvalue weighted by Crippen LogP contribution is 2.35. The van der Waals surface area contributed by atoms with Crippen LogP contribution in [0.25, 0.3) is 6.08 Å². The number of halogens is 2. The van der Waals surface area contributed by atoms with E-state index in [2.05, 4.69) is 0 Å². The molecule has 0 radical (unpaired) electrons. The lowest BCUT2D eigenvalue weighted by molar-refractivity contribution is -0.143. The van der Waals surface area contributed by atoms with Gasteiger partial charge in [-0.3, -0.25) is 14.5 Å². The van der Waals surface area contributed by atoms with Crippen molar-refractivity contribution < 1.29 is 19.1 Å². The number of nitriles is 1. The number of ether oxygens (including phenoxy) is 2. The zero-order chi connectivity index (χ0) is 25.8. The Bertz CT molecular complexity index is 1300. The lowest BCUT2D eigenvalue weighted by atomic mass is 9.88. The molecule has 1 saturated carbocycles. The van der Waals surface area contributed by atoms with Crippen molar-refractivity contribution in [3.8, 4) is 17.6 Å². The smallest absolute Gasteiger partial charge is 0.271 e. The Hall–Kier alpha value is -3.27. The summed E-state index contributed by atoms with van der Waals surface area (Å²) in [6.45, 7) is 1.86. The molecule has 8 heteroatoms. The molecule has 6 nitrogen and oxygen atoms in total. The first-order valence-electron chi connectivity index (χ1n) is 11.8. The summed E-state index contributed by atoms with van der Waals surface area (Å²) in [5.41, 5.74) is 2.19. The highest BCUT2D eigenvalue weighted by atomic mass is 35.5. The monoisotopic (exact) mass is 524 g/mol. The van der Waals surface area contributed by atoms with Gasteiger partial charge in [0.25, 0.3) is 11.8 Å². The molecule has 1 aliphatic carbocycles. The summed E-state index contributed by atoms with van der Waals surface area (Å²) in [7, 11) is 1.53. The first kappa shape index (κ1) is 25.8. The van der Waals surface area contributed by atoms with Crippen LogP contribution in [0.5, 0.6) is 11.5 Å². The first-order valence-corrected chi connectivity index (χ1v) is 12.5. The normalized spacial score (nSPS) is 18.0. The van der Waals surface area contributed by atoms with Gasteiger partial charge in [-0.1, -0.05) is 54.6 Å². The van der Waals surface area contributed by atoms with Gasteiger partial charge < -0.3 is 9.47 Å². The van der Waals surface area contributed by atoms with Crippen LogP contribution in [0, 0.1) is 11.3 Å². The zero-order valence-electron chi connectivity index (χ0n) is 20.1. The molecule has 0 N–H and O–H groups in total. The van der Waals surface area contributed by atoms with Crippen LogP contribution in [0.3, 0.4) is 0 Å². The Morgan fingerprint density at radius 3 is 2.47 bits per heavy atom. The highest BCUT2D eigenvalue weighted by Gasteiger charge is 2.39. The van der Waals surface area contributed by atoms with Gasteiger partial charge in [-0.15, -0.1) is 0 Å². The number of carbonyl (C=O) groups excluding carboxylic acids is 2. The van der Waals surface area contributed by atoms with Gasteiger partial charge in [0.15, 0.2) is 11.5 Å². The molecule has 4 rings (SSSR count). The summed E-state index contributed by atoms with van der Waals surface area (Å²) >= 11 is 12.2. The molecular formula is C28H26Cl2N2O4. The maximum Gasteiger partial charge on any atom is 0.271 e. The van der Waals surface area contributed by atoms with Gasteiger partial charge in [-0.05, 0) is 61.2 Å². The lowest BCUT2D eigenvalue weighted by Crippen LogP contribution is -2.49. The van der Waals surface area contributed by atoms with Gasteiger partial charge in [-0.25, -0.2) is 0 Å². The molecule has 0 aromatic heterocycles. The first-order chi connectivity index (χ1) is 17.3. The second-order valence-corrected chi connectivity index (χ2v) is 9.72. The van der Waals surface area contributed by atoms with Crippen molar-refractivity contribution in [2.45, 2.75) is 51.7 Å². The van der Waals surface area contributed by atoms with Crippen molar-refractivity contribution >= 4 is 41.1 Å². The quantitative estimate of drug-likeness (QED) is 0.318. The highest BCUT2D eigenvalue weighted by molar-refractivity contribution is 6.35. The van der Waals surface area contributed by atoms with Gasteiger partial charge >= 0.3 is 0 Å². The number of methoxy groups -OCH3 is 1. The molecule has 0 atom stereocenters. The van der Waals surface area contributed by atoms with Crippen LogP contribution in [0.2, 0.25) is 10.0 Å². The van der Waals surface area contributed by atoms with E-state index in [1.165, 1.54) is 12.0 Å². The minimum absolute atomic E-state index is 0.0122. The minimum Gasteiger partial charge on any atom is -0.493 e. The Morgan fingerprint density at radius 1 is 1.06 bits per heavy atom. The van der Waals surface area contributed by atoms with E-state index in [9.17, 15) is 14.9 Å². The zero-order valence-corrected chi connectivity index (χ0v) is 21.7. The standard InChI is InChI=1S/C28H26Cl2N2O4/c1-17-22(27(33)32(28(34)23(17)15-31)21-6-4-3-5-7-21)12-18-8-11-25(26(13-18)35-2)36-16-19-9-10-20(29)14-24(19)30/h8-14,21H,3-7,16H2,1-2H3/b22-12+. The predicted molar refractivity (Wildman–Crippen MR) is 139 cm³/mol. The number of nitrogens with zero attached hydrogens (tertiary/aromatic N) is 2. The van der Waals surface area contributed by atoms with E-state index in [-0.39, 0.29) is 24.1 Å². The number of amides is 2. The average Bonchev–Trinajstić information content (AvgIpc) is 2.87. The van der Waals surface area contributed by atoms with Gasteiger partial charge in [0.1, 0.15) is 18.2 Å². The molecule has 0 unspecified atom stereocenters. The summed E-state index contributed by atoms with van der Waals surface area (Å²) in [4.78, 5) is 27.8. The molecule has 1 aliphatic heterocycles. The molecule has 2 aromatic carbocycles. The maximum atomic E-state index is 13.5. The summed E-state index contributed by atoms with van der Waals surface area (Å²) in [5, 5.41) is 10.7. The predicted octanol–water partition coefficient (Wildman–Crippen LogP) is 6.51. The van der Waals surface area contributed by atoms with Crippen molar-refractivity contribution in [2.75, 3.05) is 7.11 Å². The molecule has 0 bridgehead atoms. The lowest BCUT2D eigenvalue weighted by Gasteiger charge is -2.36. The number of rotatable bonds is 6. The molecule has 1 heterocycles. The number of benzene rings is 2. The summed E-state index contributed by atoms with van der Waals surface area (Å²) in [5.74, 6) is 0.121. The van der Waals surface area contributed by atoms with E-state index in [0.29, 0.717) is 38.3 Å². The van der Waals surface area contributed by atoms with Gasteiger partial charge in [0.05, 0.1) is 7.11 Å². The van der Waals surface area contributed by atoms with Crippen LogP contribution < -0.4 is 9.47 Å². The third-order valence-corrected chi connectivity index (χ3v) is 7.20. The number of imide groups is 1. The Balaban J connectivity index is 1.63. The summed E-state index contributed by atoms with van der Waals surface area (Å²) in [6.07, 6.45) is 6.24.